The third-order valence-corrected chi connectivity index (χ3v) is 6.65. The summed E-state index contributed by atoms with van der Waals surface area (Å²) in [7, 11) is -2.11. The van der Waals surface area contributed by atoms with Gasteiger partial charge in [-0.1, -0.05) is 96.1 Å². The quantitative estimate of drug-likeness (QED) is 0.335. The van der Waals surface area contributed by atoms with Crippen LogP contribution < -0.4 is 9.05 Å². The van der Waals surface area contributed by atoms with E-state index in [0.717, 1.165) is 46.6 Å². The molecule has 0 bridgehead atoms. The Bertz CT molecular complexity index is 1170. The largest absolute Gasteiger partial charge is 0.460 e. The van der Waals surface area contributed by atoms with Gasteiger partial charge in [-0.3, -0.25) is 0 Å². The highest BCUT2D eigenvalue weighted by Crippen LogP contribution is 2.47. The van der Waals surface area contributed by atoms with Crippen molar-refractivity contribution in [3.8, 4) is 11.5 Å². The summed E-state index contributed by atoms with van der Waals surface area (Å²) in [4.78, 5) is 10.8. The third kappa shape index (κ3) is 4.95. The lowest BCUT2D eigenvalue weighted by Crippen LogP contribution is -2.09. The SMILES string of the molecule is Cc1cc(Cc2ccccc2)c2c(c1)Cc1cc(C)cc(Cc3ccccc3)c1OP(O)O2. The molecule has 1 aliphatic rings. The van der Waals surface area contributed by atoms with Crippen molar-refractivity contribution in [1.82, 2.24) is 0 Å². The monoisotopic (exact) mass is 454 g/mol. The van der Waals surface area contributed by atoms with Gasteiger partial charge >= 0.3 is 8.60 Å². The van der Waals surface area contributed by atoms with E-state index in [9.17, 15) is 4.89 Å². The van der Waals surface area contributed by atoms with E-state index in [1.54, 1.807) is 0 Å². The average Bonchev–Trinajstić information content (AvgIpc) is 2.78. The van der Waals surface area contributed by atoms with Gasteiger partial charge in [-0.05, 0) is 47.2 Å². The van der Waals surface area contributed by atoms with E-state index in [2.05, 4.69) is 62.4 Å². The van der Waals surface area contributed by atoms with Gasteiger partial charge in [-0.15, -0.1) is 0 Å². The van der Waals surface area contributed by atoms with Crippen molar-refractivity contribution < 1.29 is 13.9 Å². The second-order valence-corrected chi connectivity index (χ2v) is 9.59. The topological polar surface area (TPSA) is 38.7 Å². The summed E-state index contributed by atoms with van der Waals surface area (Å²) in [6.45, 7) is 4.23. The maximum Gasteiger partial charge on any atom is 0.460 e. The van der Waals surface area contributed by atoms with E-state index < -0.39 is 8.60 Å². The minimum Gasteiger partial charge on any atom is -0.417 e. The molecule has 0 radical (unpaired) electrons. The highest BCUT2D eigenvalue weighted by Gasteiger charge is 2.26. The fraction of sp³-hybridized carbons (Fsp3) is 0.172. The lowest BCUT2D eigenvalue weighted by atomic mass is 9.92. The van der Waals surface area contributed by atoms with Gasteiger partial charge in [0.15, 0.2) is 0 Å². The number of benzene rings is 4. The lowest BCUT2D eigenvalue weighted by molar-refractivity contribution is 0.372. The molecule has 3 nitrogen and oxygen atoms in total. The zero-order chi connectivity index (χ0) is 22.8. The summed E-state index contributed by atoms with van der Waals surface area (Å²) in [5.41, 5.74) is 9.10. The van der Waals surface area contributed by atoms with Gasteiger partial charge in [0.2, 0.25) is 0 Å². The Hall–Kier alpha value is -3.13. The van der Waals surface area contributed by atoms with Crippen molar-refractivity contribution in [2.75, 3.05) is 0 Å². The van der Waals surface area contributed by atoms with Crippen molar-refractivity contribution in [3.05, 3.63) is 129 Å². The van der Waals surface area contributed by atoms with E-state index in [4.69, 9.17) is 9.05 Å². The normalized spacial score (nSPS) is 13.2. The third-order valence-electron chi connectivity index (χ3n) is 5.97. The average molecular weight is 455 g/mol. The van der Waals surface area contributed by atoms with Gasteiger partial charge in [-0.25, -0.2) is 0 Å². The number of rotatable bonds is 4. The van der Waals surface area contributed by atoms with Crippen LogP contribution in [0.4, 0.5) is 0 Å². The molecule has 0 aromatic heterocycles. The maximum atomic E-state index is 10.8. The van der Waals surface area contributed by atoms with Crippen molar-refractivity contribution in [2.24, 2.45) is 0 Å². The van der Waals surface area contributed by atoms with E-state index in [1.807, 2.05) is 36.4 Å². The number of hydrogen-bond donors (Lipinski definition) is 1. The summed E-state index contributed by atoms with van der Waals surface area (Å²) >= 11 is 0. The summed E-state index contributed by atoms with van der Waals surface area (Å²) < 4.78 is 12.2. The van der Waals surface area contributed by atoms with Gasteiger partial charge in [0.1, 0.15) is 11.5 Å². The van der Waals surface area contributed by atoms with Gasteiger partial charge in [0.05, 0.1) is 0 Å². The molecule has 0 unspecified atom stereocenters. The number of hydrogen-bond acceptors (Lipinski definition) is 3. The molecule has 166 valence electrons. The Morgan fingerprint density at radius 3 is 1.52 bits per heavy atom. The van der Waals surface area contributed by atoms with Crippen LogP contribution in [0.2, 0.25) is 0 Å². The minimum atomic E-state index is -2.11. The first-order valence-corrected chi connectivity index (χ1v) is 12.4. The Kier molecular flexibility index (Phi) is 6.17. The molecule has 4 aromatic rings. The van der Waals surface area contributed by atoms with E-state index in [1.165, 1.54) is 22.3 Å². The second-order valence-electron chi connectivity index (χ2n) is 8.75. The van der Waals surface area contributed by atoms with Crippen LogP contribution in [0.25, 0.3) is 0 Å². The minimum absolute atomic E-state index is 0.695. The Morgan fingerprint density at radius 2 is 1.09 bits per heavy atom. The molecule has 1 N–H and O–H groups in total. The van der Waals surface area contributed by atoms with Gasteiger partial charge in [0, 0.05) is 19.3 Å². The molecule has 0 fully saturated rings. The van der Waals surface area contributed by atoms with Crippen LogP contribution in [-0.2, 0) is 19.3 Å². The van der Waals surface area contributed by atoms with Gasteiger partial charge < -0.3 is 13.9 Å². The van der Waals surface area contributed by atoms with E-state index >= 15 is 0 Å². The summed E-state index contributed by atoms with van der Waals surface area (Å²) in [6, 6.07) is 29.3. The standard InChI is InChI=1S/C29H27O3P/c1-20-13-24(17-22-9-5-3-6-10-22)28-26(15-20)19-27-16-21(2)14-25(29(27)32-33(30)31-28)18-23-11-7-4-8-12-23/h3-16,30H,17-19H2,1-2H3. The van der Waals surface area contributed by atoms with Crippen LogP contribution in [-0.4, -0.2) is 4.89 Å². The highest BCUT2D eigenvalue weighted by molar-refractivity contribution is 7.41. The zero-order valence-electron chi connectivity index (χ0n) is 18.9. The first-order chi connectivity index (χ1) is 16.0. The predicted octanol–water partition coefficient (Wildman–Crippen LogP) is 7.07. The Morgan fingerprint density at radius 1 is 0.667 bits per heavy atom. The summed E-state index contributed by atoms with van der Waals surface area (Å²) in [6.07, 6.45) is 2.18. The first-order valence-electron chi connectivity index (χ1n) is 11.2. The van der Waals surface area contributed by atoms with Crippen LogP contribution in [0.5, 0.6) is 11.5 Å². The Balaban J connectivity index is 1.57. The van der Waals surface area contributed by atoms with Gasteiger partial charge in [0.25, 0.3) is 0 Å². The molecule has 0 atom stereocenters. The van der Waals surface area contributed by atoms with E-state index in [-0.39, 0.29) is 0 Å². The predicted molar refractivity (Wildman–Crippen MR) is 134 cm³/mol. The van der Waals surface area contributed by atoms with Crippen LogP contribution in [0.15, 0.2) is 84.9 Å². The molecule has 0 saturated carbocycles. The first kappa shape index (κ1) is 21.7. The lowest BCUT2D eigenvalue weighted by Gasteiger charge is -2.25. The molecular formula is C29H27O3P. The molecule has 4 heteroatoms. The zero-order valence-corrected chi connectivity index (χ0v) is 19.8. The molecule has 0 amide bonds. The maximum absolute atomic E-state index is 10.8. The molecule has 1 aliphatic heterocycles. The fourth-order valence-corrected chi connectivity index (χ4v) is 5.45. The summed E-state index contributed by atoms with van der Waals surface area (Å²) in [5.74, 6) is 1.49. The van der Waals surface area contributed by atoms with Crippen LogP contribution >= 0.6 is 8.60 Å². The number of fused-ring (bicyclic) bond motifs is 2. The Labute approximate surface area is 196 Å². The molecule has 4 aromatic carbocycles. The fourth-order valence-electron chi connectivity index (χ4n) is 4.63. The van der Waals surface area contributed by atoms with Crippen molar-refractivity contribution in [1.29, 1.82) is 0 Å². The molecule has 5 rings (SSSR count). The molecule has 1 heterocycles. The molecule has 0 saturated heterocycles. The van der Waals surface area contributed by atoms with Crippen LogP contribution in [0.3, 0.4) is 0 Å². The highest BCUT2D eigenvalue weighted by atomic mass is 31.2. The molecular weight excluding hydrogens is 427 g/mol. The smallest absolute Gasteiger partial charge is 0.417 e. The molecule has 33 heavy (non-hydrogen) atoms. The van der Waals surface area contributed by atoms with E-state index in [0.29, 0.717) is 6.42 Å². The van der Waals surface area contributed by atoms with Crippen molar-refractivity contribution in [2.45, 2.75) is 33.1 Å². The van der Waals surface area contributed by atoms with Crippen LogP contribution in [0, 0.1) is 13.8 Å². The van der Waals surface area contributed by atoms with Crippen molar-refractivity contribution in [3.63, 3.8) is 0 Å². The second kappa shape index (κ2) is 9.39. The summed E-state index contributed by atoms with van der Waals surface area (Å²) in [5, 5.41) is 0. The molecule has 0 aliphatic carbocycles. The van der Waals surface area contributed by atoms with Crippen LogP contribution in [0.1, 0.15) is 44.5 Å². The van der Waals surface area contributed by atoms with Crippen molar-refractivity contribution >= 4 is 8.60 Å². The molecule has 0 spiro atoms. The van der Waals surface area contributed by atoms with Gasteiger partial charge in [-0.2, -0.15) is 0 Å². The number of aryl methyl sites for hydroxylation is 2.